The van der Waals surface area contributed by atoms with Crippen LogP contribution in [-0.4, -0.2) is 49.0 Å². The van der Waals surface area contributed by atoms with Gasteiger partial charge in [-0.1, -0.05) is 18.2 Å². The number of carbonyl (C=O) groups excluding carboxylic acids is 2. The Morgan fingerprint density at radius 3 is 2.88 bits per heavy atom. The predicted octanol–water partition coefficient (Wildman–Crippen LogP) is 3.10. The van der Waals surface area contributed by atoms with Gasteiger partial charge in [0.25, 0.3) is 0 Å². The summed E-state index contributed by atoms with van der Waals surface area (Å²) in [6, 6.07) is 9.20. The second-order valence-corrected chi connectivity index (χ2v) is 8.64. The Bertz CT molecular complexity index is 1370. The summed E-state index contributed by atoms with van der Waals surface area (Å²) in [6.07, 6.45) is 5.05. The number of aromatic amines is 1. The Balaban J connectivity index is 1.38. The van der Waals surface area contributed by atoms with Crippen LogP contribution < -0.4 is 10.2 Å². The minimum atomic E-state index is -1.43. The SMILES string of the molecule is CC(C)(F)Cn1ncc2cnc(-c3[nH]ncc3NC(=O)CN3C(=O)Cc4ccccc43)cc21. The lowest BCUT2D eigenvalue weighted by molar-refractivity contribution is -0.120. The van der Waals surface area contributed by atoms with Crippen LogP contribution in [0.3, 0.4) is 0 Å². The summed E-state index contributed by atoms with van der Waals surface area (Å²) in [4.78, 5) is 31.1. The maximum absolute atomic E-state index is 14.2. The van der Waals surface area contributed by atoms with Crippen LogP contribution in [0.15, 0.2) is 48.9 Å². The second kappa shape index (κ2) is 7.80. The Morgan fingerprint density at radius 1 is 1.24 bits per heavy atom. The molecule has 4 heterocycles. The minimum absolute atomic E-state index is 0.0951. The van der Waals surface area contributed by atoms with Crippen molar-refractivity contribution in [3.8, 4) is 11.4 Å². The summed E-state index contributed by atoms with van der Waals surface area (Å²) in [6.45, 7) is 2.98. The molecule has 1 aromatic carbocycles. The molecule has 5 rings (SSSR count). The lowest BCUT2D eigenvalue weighted by Crippen LogP contribution is -2.35. The van der Waals surface area contributed by atoms with Crippen LogP contribution in [0.25, 0.3) is 22.3 Å². The first-order valence-corrected chi connectivity index (χ1v) is 10.5. The smallest absolute Gasteiger partial charge is 0.244 e. The van der Waals surface area contributed by atoms with Crippen LogP contribution >= 0.6 is 0 Å². The molecule has 2 amide bonds. The van der Waals surface area contributed by atoms with E-state index >= 15 is 0 Å². The first kappa shape index (κ1) is 20.8. The largest absolute Gasteiger partial charge is 0.321 e. The van der Waals surface area contributed by atoms with Gasteiger partial charge in [0.1, 0.15) is 17.9 Å². The number of hydrogen-bond donors (Lipinski definition) is 2. The van der Waals surface area contributed by atoms with Crippen molar-refractivity contribution >= 4 is 34.1 Å². The van der Waals surface area contributed by atoms with Gasteiger partial charge in [-0.2, -0.15) is 10.2 Å². The topological polar surface area (TPSA) is 109 Å². The molecule has 3 aromatic heterocycles. The molecule has 0 saturated heterocycles. The maximum Gasteiger partial charge on any atom is 0.244 e. The van der Waals surface area contributed by atoms with Gasteiger partial charge < -0.3 is 10.2 Å². The number of nitrogens with zero attached hydrogens (tertiary/aromatic N) is 5. The highest BCUT2D eigenvalue weighted by atomic mass is 19.1. The van der Waals surface area contributed by atoms with E-state index in [0.29, 0.717) is 17.1 Å². The van der Waals surface area contributed by atoms with E-state index in [2.05, 4.69) is 25.6 Å². The van der Waals surface area contributed by atoms with Gasteiger partial charge in [0.15, 0.2) is 0 Å². The number of H-pyrrole nitrogens is 1. The molecule has 168 valence electrons. The molecule has 0 radical (unpaired) electrons. The van der Waals surface area contributed by atoms with E-state index in [1.54, 1.807) is 23.1 Å². The highest BCUT2D eigenvalue weighted by Crippen LogP contribution is 2.29. The molecule has 9 nitrogen and oxygen atoms in total. The molecule has 0 aliphatic carbocycles. The van der Waals surface area contributed by atoms with Crippen molar-refractivity contribution in [1.29, 1.82) is 0 Å². The summed E-state index contributed by atoms with van der Waals surface area (Å²) in [5.74, 6) is -0.470. The summed E-state index contributed by atoms with van der Waals surface area (Å²) in [5.41, 5.74) is 2.41. The fourth-order valence-electron chi connectivity index (χ4n) is 3.99. The number of fused-ring (bicyclic) bond motifs is 2. The van der Waals surface area contributed by atoms with E-state index in [1.807, 2.05) is 24.3 Å². The summed E-state index contributed by atoms with van der Waals surface area (Å²) in [5, 5.41) is 14.8. The van der Waals surface area contributed by atoms with Crippen LogP contribution in [0.1, 0.15) is 19.4 Å². The monoisotopic (exact) mass is 447 g/mol. The number of alkyl halides is 1. The second-order valence-electron chi connectivity index (χ2n) is 8.64. The van der Waals surface area contributed by atoms with Crippen molar-refractivity contribution in [2.24, 2.45) is 0 Å². The van der Waals surface area contributed by atoms with Crippen LogP contribution in [0.2, 0.25) is 0 Å². The van der Waals surface area contributed by atoms with Crippen LogP contribution in [0.5, 0.6) is 0 Å². The van der Waals surface area contributed by atoms with Crippen molar-refractivity contribution in [1.82, 2.24) is 25.0 Å². The fourth-order valence-corrected chi connectivity index (χ4v) is 3.99. The number of amides is 2. The molecule has 0 bridgehead atoms. The van der Waals surface area contributed by atoms with Gasteiger partial charge in [-0.25, -0.2) is 4.39 Å². The van der Waals surface area contributed by atoms with Gasteiger partial charge in [-0.3, -0.25) is 24.4 Å². The molecule has 1 aliphatic heterocycles. The first-order valence-electron chi connectivity index (χ1n) is 10.5. The molecular weight excluding hydrogens is 425 g/mol. The van der Waals surface area contributed by atoms with E-state index in [1.165, 1.54) is 24.9 Å². The highest BCUT2D eigenvalue weighted by Gasteiger charge is 2.28. The van der Waals surface area contributed by atoms with E-state index in [4.69, 9.17) is 0 Å². The third-order valence-electron chi connectivity index (χ3n) is 5.45. The highest BCUT2D eigenvalue weighted by molar-refractivity contribution is 6.07. The average Bonchev–Trinajstić information content (AvgIpc) is 3.45. The Hall–Kier alpha value is -4.08. The first-order chi connectivity index (χ1) is 15.8. The zero-order valence-electron chi connectivity index (χ0n) is 18.2. The molecule has 2 N–H and O–H groups in total. The quantitative estimate of drug-likeness (QED) is 0.472. The standard InChI is InChI=1S/C23H22FN7O2/c1-23(2,24)13-31-19-8-16(25-9-15(19)10-27-31)22-17(11-26-29-22)28-20(32)12-30-18-6-4-3-5-14(18)7-21(30)33/h3-6,8-11H,7,12-13H2,1-2H3,(H,26,29)(H,28,32). The molecular formula is C23H22FN7O2. The molecule has 1 aliphatic rings. The van der Waals surface area contributed by atoms with Gasteiger partial charge in [0, 0.05) is 17.3 Å². The van der Waals surface area contributed by atoms with Gasteiger partial charge in [-0.05, 0) is 31.5 Å². The molecule has 4 aromatic rings. The van der Waals surface area contributed by atoms with Crippen molar-refractivity contribution in [3.05, 3.63) is 54.5 Å². The number of nitrogens with one attached hydrogen (secondary N) is 2. The van der Waals surface area contributed by atoms with Crippen LogP contribution in [-0.2, 0) is 22.6 Å². The van der Waals surface area contributed by atoms with Crippen molar-refractivity contribution in [3.63, 3.8) is 0 Å². The molecule has 0 atom stereocenters. The zero-order chi connectivity index (χ0) is 23.2. The molecule has 33 heavy (non-hydrogen) atoms. The summed E-state index contributed by atoms with van der Waals surface area (Å²) >= 11 is 0. The van der Waals surface area contributed by atoms with E-state index < -0.39 is 5.67 Å². The number of pyridine rings is 1. The molecule has 0 unspecified atom stereocenters. The van der Waals surface area contributed by atoms with E-state index in [0.717, 1.165) is 22.2 Å². The number of rotatable bonds is 6. The van der Waals surface area contributed by atoms with Crippen LogP contribution in [0.4, 0.5) is 15.8 Å². The third kappa shape index (κ3) is 4.07. The van der Waals surface area contributed by atoms with Gasteiger partial charge in [0.2, 0.25) is 11.8 Å². The zero-order valence-corrected chi connectivity index (χ0v) is 18.2. The fraction of sp³-hybridized carbons (Fsp3) is 0.261. The molecule has 10 heteroatoms. The Labute approximate surface area is 188 Å². The van der Waals surface area contributed by atoms with Gasteiger partial charge in [0.05, 0.1) is 42.3 Å². The number of hydrogen-bond acceptors (Lipinski definition) is 5. The predicted molar refractivity (Wildman–Crippen MR) is 121 cm³/mol. The summed E-state index contributed by atoms with van der Waals surface area (Å²) in [7, 11) is 0. The number of benzene rings is 1. The maximum atomic E-state index is 14.2. The van der Waals surface area contributed by atoms with Gasteiger partial charge in [-0.15, -0.1) is 0 Å². The van der Waals surface area contributed by atoms with E-state index in [9.17, 15) is 14.0 Å². The van der Waals surface area contributed by atoms with E-state index in [-0.39, 0.29) is 31.3 Å². The minimum Gasteiger partial charge on any atom is -0.321 e. The number of para-hydroxylation sites is 1. The molecule has 0 spiro atoms. The van der Waals surface area contributed by atoms with Crippen molar-refractivity contribution in [2.75, 3.05) is 16.8 Å². The lowest BCUT2D eigenvalue weighted by Gasteiger charge is -2.17. The Kier molecular flexibility index (Phi) is 4.92. The third-order valence-corrected chi connectivity index (χ3v) is 5.45. The van der Waals surface area contributed by atoms with Crippen molar-refractivity contribution < 1.29 is 14.0 Å². The van der Waals surface area contributed by atoms with Crippen LogP contribution in [0, 0.1) is 0 Å². The lowest BCUT2D eigenvalue weighted by atomic mass is 10.1. The number of anilines is 2. The Morgan fingerprint density at radius 2 is 2.06 bits per heavy atom. The van der Waals surface area contributed by atoms with Gasteiger partial charge >= 0.3 is 0 Å². The normalized spacial score (nSPS) is 13.5. The number of carbonyl (C=O) groups is 2. The average molecular weight is 447 g/mol. The molecule has 0 fully saturated rings. The van der Waals surface area contributed by atoms with Crippen molar-refractivity contribution in [2.45, 2.75) is 32.5 Å². The summed E-state index contributed by atoms with van der Waals surface area (Å²) < 4.78 is 15.8. The number of halogens is 1. The molecule has 0 saturated carbocycles. The number of aromatic nitrogens is 5.